The molecular weight excluding hydrogens is 335 g/mol. The molecule has 0 bridgehead atoms. The fourth-order valence-corrected chi connectivity index (χ4v) is 3.70. The summed E-state index contributed by atoms with van der Waals surface area (Å²) in [4.78, 5) is 20.7. The number of aliphatic imine (C=N–C) groups is 1. The maximum Gasteiger partial charge on any atom is 0.254 e. The molecule has 1 aromatic rings. The predicted octanol–water partition coefficient (Wildman–Crippen LogP) is 1.71. The van der Waals surface area contributed by atoms with Crippen molar-refractivity contribution in [3.05, 3.63) is 28.8 Å². The summed E-state index contributed by atoms with van der Waals surface area (Å²) in [6.07, 6.45) is 6.69. The Bertz CT molecular complexity index is 775. The van der Waals surface area contributed by atoms with E-state index < -0.39 is 11.9 Å². The number of nitrogens with two attached hydrogens (primary N) is 2. The van der Waals surface area contributed by atoms with E-state index in [9.17, 15) is 4.79 Å². The van der Waals surface area contributed by atoms with Crippen LogP contribution in [0.4, 0.5) is 10.2 Å². The van der Waals surface area contributed by atoms with E-state index in [-0.39, 0.29) is 29.4 Å². The number of rotatable bonds is 4. The van der Waals surface area contributed by atoms with Crippen molar-refractivity contribution >= 4 is 23.5 Å². The van der Waals surface area contributed by atoms with Crippen molar-refractivity contribution < 1.29 is 9.18 Å². The fraction of sp³-hybridized carbons (Fsp3) is 0.500. The van der Waals surface area contributed by atoms with E-state index in [4.69, 9.17) is 11.5 Å². The van der Waals surface area contributed by atoms with Crippen molar-refractivity contribution in [1.82, 2.24) is 10.3 Å². The Balaban J connectivity index is 2.11. The minimum absolute atomic E-state index is 0.0535. The molecule has 1 amide bonds. The van der Waals surface area contributed by atoms with Crippen LogP contribution in [-0.4, -0.2) is 36.2 Å². The normalized spacial score (nSPS) is 26.1. The third-order valence-corrected chi connectivity index (χ3v) is 5.04. The highest BCUT2D eigenvalue weighted by Crippen LogP contribution is 2.35. The zero-order valence-electron chi connectivity index (χ0n) is 15.1. The Labute approximate surface area is 152 Å². The number of anilines is 1. The SMILES string of the molecule is CN=CC(=CN)c1nc(NC2CCCCC2N)c(F)c2c1C(=O)NC2C. The van der Waals surface area contributed by atoms with Gasteiger partial charge in [0.15, 0.2) is 11.6 Å². The minimum Gasteiger partial charge on any atom is -0.404 e. The monoisotopic (exact) mass is 360 g/mol. The molecule has 1 fully saturated rings. The Morgan fingerprint density at radius 2 is 2.15 bits per heavy atom. The van der Waals surface area contributed by atoms with Crippen molar-refractivity contribution in [3.63, 3.8) is 0 Å². The van der Waals surface area contributed by atoms with Crippen molar-refractivity contribution in [2.45, 2.75) is 50.7 Å². The summed E-state index contributed by atoms with van der Waals surface area (Å²) in [5.74, 6) is -0.774. The van der Waals surface area contributed by atoms with Gasteiger partial charge in [0.25, 0.3) is 5.91 Å². The number of nitrogens with one attached hydrogen (secondary N) is 2. The molecule has 1 aliphatic carbocycles. The van der Waals surface area contributed by atoms with Gasteiger partial charge in [0.2, 0.25) is 0 Å². The third kappa shape index (κ3) is 3.16. The van der Waals surface area contributed by atoms with Crippen molar-refractivity contribution in [2.24, 2.45) is 16.5 Å². The van der Waals surface area contributed by atoms with Crippen molar-refractivity contribution in [3.8, 4) is 0 Å². The first-order valence-electron chi connectivity index (χ1n) is 8.88. The van der Waals surface area contributed by atoms with Gasteiger partial charge >= 0.3 is 0 Å². The number of halogens is 1. The number of amides is 1. The highest BCUT2D eigenvalue weighted by molar-refractivity contribution is 6.14. The van der Waals surface area contributed by atoms with Crippen LogP contribution < -0.4 is 22.1 Å². The summed E-state index contributed by atoms with van der Waals surface area (Å²) < 4.78 is 15.2. The molecule has 2 heterocycles. The second kappa shape index (κ2) is 7.41. The van der Waals surface area contributed by atoms with Crippen LogP contribution in [0.25, 0.3) is 5.57 Å². The van der Waals surface area contributed by atoms with Crippen molar-refractivity contribution in [1.29, 1.82) is 0 Å². The van der Waals surface area contributed by atoms with Gasteiger partial charge < -0.3 is 22.1 Å². The van der Waals surface area contributed by atoms with E-state index >= 15 is 4.39 Å². The van der Waals surface area contributed by atoms with Gasteiger partial charge in [-0.25, -0.2) is 9.37 Å². The van der Waals surface area contributed by atoms with Crippen LogP contribution in [0.1, 0.15) is 60.3 Å². The molecule has 0 saturated heterocycles. The maximum atomic E-state index is 15.2. The molecule has 3 unspecified atom stereocenters. The van der Waals surface area contributed by atoms with Gasteiger partial charge in [-0.3, -0.25) is 9.79 Å². The zero-order chi connectivity index (χ0) is 18.8. The van der Waals surface area contributed by atoms with Gasteiger partial charge in [0.05, 0.1) is 17.3 Å². The average molecular weight is 360 g/mol. The summed E-state index contributed by atoms with van der Waals surface area (Å²) in [5, 5.41) is 5.90. The highest BCUT2D eigenvalue weighted by atomic mass is 19.1. The number of carbonyl (C=O) groups excluding carboxylic acids is 1. The molecule has 140 valence electrons. The van der Waals surface area contributed by atoms with Crippen LogP contribution in [0.5, 0.6) is 0 Å². The van der Waals surface area contributed by atoms with Crippen LogP contribution in [0.2, 0.25) is 0 Å². The topological polar surface area (TPSA) is 118 Å². The predicted molar refractivity (Wildman–Crippen MR) is 101 cm³/mol. The van der Waals surface area contributed by atoms with E-state index in [1.165, 1.54) is 12.4 Å². The van der Waals surface area contributed by atoms with E-state index in [2.05, 4.69) is 20.6 Å². The third-order valence-electron chi connectivity index (χ3n) is 5.04. The lowest BCUT2D eigenvalue weighted by Gasteiger charge is -2.30. The molecule has 1 saturated carbocycles. The summed E-state index contributed by atoms with van der Waals surface area (Å²) in [5.41, 5.74) is 13.2. The van der Waals surface area contributed by atoms with Gasteiger partial charge in [-0.05, 0) is 19.8 Å². The van der Waals surface area contributed by atoms with E-state index in [1.807, 2.05) is 0 Å². The van der Waals surface area contributed by atoms with Gasteiger partial charge in [-0.1, -0.05) is 12.8 Å². The van der Waals surface area contributed by atoms with Gasteiger partial charge in [0, 0.05) is 42.7 Å². The standard InChI is InChI=1S/C18H25FN6O/c1-9-13-14(18(26)23-9)16(10(7-20)8-22-2)25-17(15(13)19)24-12-6-4-3-5-11(12)21/h7-9,11-12H,3-6,20-21H2,1-2H3,(H,23,26)(H,24,25). The van der Waals surface area contributed by atoms with Crippen LogP contribution in [0.15, 0.2) is 11.2 Å². The summed E-state index contributed by atoms with van der Waals surface area (Å²) >= 11 is 0. The summed E-state index contributed by atoms with van der Waals surface area (Å²) in [7, 11) is 1.59. The molecule has 1 aromatic heterocycles. The molecule has 6 N–H and O–H groups in total. The number of fused-ring (bicyclic) bond motifs is 1. The molecule has 26 heavy (non-hydrogen) atoms. The molecular formula is C18H25FN6O. The lowest BCUT2D eigenvalue weighted by molar-refractivity contribution is 0.0958. The Morgan fingerprint density at radius 1 is 1.42 bits per heavy atom. The zero-order valence-corrected chi connectivity index (χ0v) is 15.1. The van der Waals surface area contributed by atoms with Crippen molar-refractivity contribution in [2.75, 3.05) is 12.4 Å². The molecule has 1 aliphatic heterocycles. The number of carbonyl (C=O) groups is 1. The van der Waals surface area contributed by atoms with E-state index in [1.54, 1.807) is 14.0 Å². The number of allylic oxidation sites excluding steroid dienone is 1. The number of pyridine rings is 1. The highest BCUT2D eigenvalue weighted by Gasteiger charge is 2.35. The van der Waals surface area contributed by atoms with Crippen LogP contribution in [0.3, 0.4) is 0 Å². The first-order chi connectivity index (χ1) is 12.5. The average Bonchev–Trinajstić information content (AvgIpc) is 2.92. The van der Waals surface area contributed by atoms with E-state index in [0.29, 0.717) is 16.8 Å². The maximum absolute atomic E-state index is 15.2. The number of hydrogen-bond acceptors (Lipinski definition) is 6. The van der Waals surface area contributed by atoms with Crippen LogP contribution in [-0.2, 0) is 0 Å². The molecule has 2 aliphatic rings. The fourth-order valence-electron chi connectivity index (χ4n) is 3.70. The number of hydrogen-bond donors (Lipinski definition) is 4. The van der Waals surface area contributed by atoms with Gasteiger partial charge in [0.1, 0.15) is 0 Å². The lowest BCUT2D eigenvalue weighted by Crippen LogP contribution is -2.43. The van der Waals surface area contributed by atoms with Gasteiger partial charge in [-0.15, -0.1) is 0 Å². The quantitative estimate of drug-likeness (QED) is 0.610. The summed E-state index contributed by atoms with van der Waals surface area (Å²) in [6.45, 7) is 1.74. The molecule has 3 atom stereocenters. The summed E-state index contributed by atoms with van der Waals surface area (Å²) in [6, 6.07) is -0.555. The number of nitrogens with zero attached hydrogens (tertiary/aromatic N) is 2. The Morgan fingerprint density at radius 3 is 2.81 bits per heavy atom. The second-order valence-corrected chi connectivity index (χ2v) is 6.82. The first-order valence-corrected chi connectivity index (χ1v) is 8.88. The Kier molecular flexibility index (Phi) is 5.22. The molecule has 7 nitrogen and oxygen atoms in total. The van der Waals surface area contributed by atoms with Crippen LogP contribution >= 0.6 is 0 Å². The molecule has 3 rings (SSSR count). The smallest absolute Gasteiger partial charge is 0.254 e. The minimum atomic E-state index is -0.516. The Hall–Kier alpha value is -2.48. The second-order valence-electron chi connectivity index (χ2n) is 6.82. The first kappa shape index (κ1) is 18.3. The van der Waals surface area contributed by atoms with Gasteiger partial charge in [-0.2, -0.15) is 0 Å². The molecule has 0 spiro atoms. The number of aromatic nitrogens is 1. The van der Waals surface area contributed by atoms with Crippen LogP contribution in [0, 0.1) is 5.82 Å². The molecule has 0 radical (unpaired) electrons. The molecule has 8 heteroatoms. The largest absolute Gasteiger partial charge is 0.404 e. The molecule has 0 aromatic carbocycles. The lowest BCUT2D eigenvalue weighted by atomic mass is 9.91. The van der Waals surface area contributed by atoms with E-state index in [0.717, 1.165) is 25.7 Å².